The van der Waals surface area contributed by atoms with Crippen LogP contribution in [0.25, 0.3) is 0 Å². The van der Waals surface area contributed by atoms with Crippen LogP contribution in [-0.2, 0) is 0 Å². The van der Waals surface area contributed by atoms with E-state index in [1.807, 2.05) is 0 Å². The van der Waals surface area contributed by atoms with Gasteiger partial charge in [-0.25, -0.2) is 0 Å². The van der Waals surface area contributed by atoms with Crippen LogP contribution < -0.4 is 5.32 Å². The van der Waals surface area contributed by atoms with E-state index in [0.717, 1.165) is 0 Å². The Kier molecular flexibility index (Phi) is 4.32. The molecule has 0 saturated carbocycles. The van der Waals surface area contributed by atoms with Gasteiger partial charge in [-0.05, 0) is 19.1 Å². The molecule has 1 aromatic rings. The maximum Gasteiger partial charge on any atom is 0.0684 e. The maximum atomic E-state index is 9.06. The SMILES string of the molecule is C[C@H](O)CNc1cc(Cl)c(Cl)cc1Cl. The predicted octanol–water partition coefficient (Wildman–Crippen LogP) is 3.44. The van der Waals surface area contributed by atoms with Crippen LogP contribution >= 0.6 is 34.8 Å². The van der Waals surface area contributed by atoms with Crippen molar-refractivity contribution >= 4 is 40.5 Å². The molecule has 78 valence electrons. The summed E-state index contributed by atoms with van der Waals surface area (Å²) in [7, 11) is 0. The number of rotatable bonds is 3. The van der Waals surface area contributed by atoms with Crippen molar-refractivity contribution < 1.29 is 5.11 Å². The van der Waals surface area contributed by atoms with Crippen molar-refractivity contribution in [1.29, 1.82) is 0 Å². The van der Waals surface area contributed by atoms with E-state index < -0.39 is 6.10 Å². The largest absolute Gasteiger partial charge is 0.392 e. The minimum atomic E-state index is -0.444. The molecule has 1 rings (SSSR count). The Labute approximate surface area is 97.8 Å². The third kappa shape index (κ3) is 3.21. The van der Waals surface area contributed by atoms with Crippen molar-refractivity contribution in [3.63, 3.8) is 0 Å². The summed E-state index contributed by atoms with van der Waals surface area (Å²) in [6.45, 7) is 2.09. The molecule has 14 heavy (non-hydrogen) atoms. The summed E-state index contributed by atoms with van der Waals surface area (Å²) in [5.41, 5.74) is 0.668. The van der Waals surface area contributed by atoms with E-state index in [1.54, 1.807) is 19.1 Å². The van der Waals surface area contributed by atoms with Crippen LogP contribution in [0.3, 0.4) is 0 Å². The van der Waals surface area contributed by atoms with Crippen molar-refractivity contribution in [2.45, 2.75) is 13.0 Å². The van der Waals surface area contributed by atoms with Gasteiger partial charge in [-0.15, -0.1) is 0 Å². The molecular formula is C9H10Cl3NO. The first-order valence-corrected chi connectivity index (χ1v) is 5.20. The number of hydrogen-bond donors (Lipinski definition) is 2. The number of aliphatic hydroxyl groups excluding tert-OH is 1. The molecule has 0 radical (unpaired) electrons. The first-order valence-electron chi connectivity index (χ1n) is 4.07. The molecule has 1 atom stereocenters. The second-order valence-electron chi connectivity index (χ2n) is 2.98. The number of anilines is 1. The van der Waals surface area contributed by atoms with Crippen LogP contribution in [0.15, 0.2) is 12.1 Å². The molecule has 0 aliphatic carbocycles. The van der Waals surface area contributed by atoms with Gasteiger partial charge in [-0.1, -0.05) is 34.8 Å². The number of hydrogen-bond acceptors (Lipinski definition) is 2. The highest BCUT2D eigenvalue weighted by atomic mass is 35.5. The summed E-state index contributed by atoms with van der Waals surface area (Å²) in [6, 6.07) is 3.20. The quantitative estimate of drug-likeness (QED) is 0.810. The first kappa shape index (κ1) is 11.9. The zero-order valence-electron chi connectivity index (χ0n) is 7.52. The van der Waals surface area contributed by atoms with Crippen LogP contribution in [0, 0.1) is 0 Å². The summed E-state index contributed by atoms with van der Waals surface area (Å²) in [5.74, 6) is 0. The lowest BCUT2D eigenvalue weighted by molar-refractivity contribution is 0.208. The fraction of sp³-hybridized carbons (Fsp3) is 0.333. The third-order valence-corrected chi connectivity index (χ3v) is 2.63. The van der Waals surface area contributed by atoms with E-state index in [2.05, 4.69) is 5.32 Å². The number of aliphatic hydroxyl groups is 1. The molecule has 5 heteroatoms. The molecule has 2 nitrogen and oxygen atoms in total. The molecule has 0 saturated heterocycles. The maximum absolute atomic E-state index is 9.06. The number of benzene rings is 1. The van der Waals surface area contributed by atoms with Crippen molar-refractivity contribution in [1.82, 2.24) is 0 Å². The molecule has 2 N–H and O–H groups in total. The topological polar surface area (TPSA) is 32.3 Å². The average Bonchev–Trinajstić information content (AvgIpc) is 2.09. The van der Waals surface area contributed by atoms with E-state index in [9.17, 15) is 0 Å². The molecular weight excluding hydrogens is 244 g/mol. The van der Waals surface area contributed by atoms with Crippen LogP contribution in [-0.4, -0.2) is 17.8 Å². The van der Waals surface area contributed by atoms with Gasteiger partial charge in [-0.3, -0.25) is 0 Å². The minimum Gasteiger partial charge on any atom is -0.392 e. The Balaban J connectivity index is 2.82. The van der Waals surface area contributed by atoms with Gasteiger partial charge in [0, 0.05) is 6.54 Å². The molecule has 0 fully saturated rings. The molecule has 0 bridgehead atoms. The normalized spacial score (nSPS) is 12.6. The lowest BCUT2D eigenvalue weighted by Gasteiger charge is -2.10. The number of nitrogens with one attached hydrogen (secondary N) is 1. The monoisotopic (exact) mass is 253 g/mol. The fourth-order valence-electron chi connectivity index (χ4n) is 0.916. The highest BCUT2D eigenvalue weighted by Crippen LogP contribution is 2.32. The van der Waals surface area contributed by atoms with Gasteiger partial charge in [0.2, 0.25) is 0 Å². The first-order chi connectivity index (χ1) is 6.50. The van der Waals surface area contributed by atoms with Gasteiger partial charge in [0.1, 0.15) is 0 Å². The molecule has 0 heterocycles. The van der Waals surface area contributed by atoms with Crippen molar-refractivity contribution in [3.8, 4) is 0 Å². The van der Waals surface area contributed by atoms with E-state index in [-0.39, 0.29) is 0 Å². The third-order valence-electron chi connectivity index (χ3n) is 1.60. The van der Waals surface area contributed by atoms with Gasteiger partial charge in [0.15, 0.2) is 0 Å². The van der Waals surface area contributed by atoms with Crippen LogP contribution in [0.4, 0.5) is 5.69 Å². The molecule has 0 aromatic heterocycles. The zero-order valence-corrected chi connectivity index (χ0v) is 9.79. The Hall–Kier alpha value is -0.150. The second kappa shape index (κ2) is 5.08. The molecule has 0 amide bonds. The second-order valence-corrected chi connectivity index (χ2v) is 4.20. The smallest absolute Gasteiger partial charge is 0.0684 e. The Bertz CT molecular complexity index is 328. The summed E-state index contributed by atoms with van der Waals surface area (Å²) in [5, 5.41) is 13.4. The van der Waals surface area contributed by atoms with E-state index in [0.29, 0.717) is 27.3 Å². The van der Waals surface area contributed by atoms with Crippen LogP contribution in [0.2, 0.25) is 15.1 Å². The minimum absolute atomic E-state index is 0.414. The van der Waals surface area contributed by atoms with Crippen molar-refractivity contribution in [3.05, 3.63) is 27.2 Å². The van der Waals surface area contributed by atoms with Crippen molar-refractivity contribution in [2.24, 2.45) is 0 Å². The Morgan fingerprint density at radius 3 is 2.36 bits per heavy atom. The molecule has 0 unspecified atom stereocenters. The lowest BCUT2D eigenvalue weighted by atomic mass is 10.3. The molecule has 0 aliphatic heterocycles. The lowest BCUT2D eigenvalue weighted by Crippen LogP contribution is -2.15. The summed E-state index contributed by atoms with van der Waals surface area (Å²) >= 11 is 17.5. The van der Waals surface area contributed by atoms with Gasteiger partial charge in [-0.2, -0.15) is 0 Å². The van der Waals surface area contributed by atoms with Crippen LogP contribution in [0.5, 0.6) is 0 Å². The standard InChI is InChI=1S/C9H10Cl3NO/c1-5(14)4-13-9-3-7(11)6(10)2-8(9)12/h2-3,5,13-14H,4H2,1H3/t5-/m0/s1. The highest BCUT2D eigenvalue weighted by molar-refractivity contribution is 6.44. The molecule has 0 spiro atoms. The van der Waals surface area contributed by atoms with E-state index in [4.69, 9.17) is 39.9 Å². The molecule has 0 aliphatic rings. The van der Waals surface area contributed by atoms with Gasteiger partial charge in [0.25, 0.3) is 0 Å². The Morgan fingerprint density at radius 1 is 1.21 bits per heavy atom. The fourth-order valence-corrected chi connectivity index (χ4v) is 1.53. The number of halogens is 3. The van der Waals surface area contributed by atoms with Crippen molar-refractivity contribution in [2.75, 3.05) is 11.9 Å². The van der Waals surface area contributed by atoms with Crippen LogP contribution in [0.1, 0.15) is 6.92 Å². The average molecular weight is 255 g/mol. The highest BCUT2D eigenvalue weighted by Gasteiger charge is 2.06. The Morgan fingerprint density at radius 2 is 1.79 bits per heavy atom. The van der Waals surface area contributed by atoms with E-state index in [1.165, 1.54) is 0 Å². The molecule has 1 aromatic carbocycles. The summed E-state index contributed by atoms with van der Waals surface area (Å²) in [4.78, 5) is 0. The van der Waals surface area contributed by atoms with Gasteiger partial charge in [0.05, 0.1) is 26.9 Å². The summed E-state index contributed by atoms with van der Waals surface area (Å²) in [6.07, 6.45) is -0.444. The van der Waals surface area contributed by atoms with E-state index >= 15 is 0 Å². The zero-order chi connectivity index (χ0) is 10.7. The van der Waals surface area contributed by atoms with Gasteiger partial charge >= 0.3 is 0 Å². The summed E-state index contributed by atoms with van der Waals surface area (Å²) < 4.78 is 0. The van der Waals surface area contributed by atoms with Gasteiger partial charge < -0.3 is 10.4 Å². The predicted molar refractivity (Wildman–Crippen MR) is 61.6 cm³/mol.